The number of ether oxygens (including phenoxy) is 1. The maximum atomic E-state index is 13.6. The Labute approximate surface area is 163 Å². The van der Waals surface area contributed by atoms with Crippen LogP contribution in [0.2, 0.25) is 0 Å². The van der Waals surface area contributed by atoms with Gasteiger partial charge in [0, 0.05) is 50.4 Å². The first kappa shape index (κ1) is 20.4. The fourth-order valence-electron chi connectivity index (χ4n) is 3.09. The van der Waals surface area contributed by atoms with Gasteiger partial charge in [-0.15, -0.1) is 0 Å². The normalized spacial score (nSPS) is 14.8. The number of nitrogens with zero attached hydrogens (tertiary/aromatic N) is 1. The molecule has 150 valence electrons. The molecule has 1 heterocycles. The van der Waals surface area contributed by atoms with Gasteiger partial charge in [-0.3, -0.25) is 9.69 Å². The van der Waals surface area contributed by atoms with Crippen LogP contribution in [0.5, 0.6) is 0 Å². The molecule has 28 heavy (non-hydrogen) atoms. The van der Waals surface area contributed by atoms with Crippen molar-refractivity contribution >= 4 is 11.6 Å². The molecule has 0 aromatic heterocycles. The van der Waals surface area contributed by atoms with Crippen LogP contribution in [0.15, 0.2) is 42.5 Å². The van der Waals surface area contributed by atoms with E-state index in [4.69, 9.17) is 4.74 Å². The van der Waals surface area contributed by atoms with E-state index in [9.17, 15) is 13.6 Å². The number of anilines is 1. The van der Waals surface area contributed by atoms with E-state index in [1.165, 1.54) is 6.07 Å². The molecule has 1 saturated heterocycles. The second-order valence-electron chi connectivity index (χ2n) is 6.79. The summed E-state index contributed by atoms with van der Waals surface area (Å²) in [4.78, 5) is 14.4. The van der Waals surface area contributed by atoms with Crippen molar-refractivity contribution in [3.8, 4) is 0 Å². The second kappa shape index (κ2) is 10.3. The summed E-state index contributed by atoms with van der Waals surface area (Å²) in [6.45, 7) is 4.58. The molecule has 1 aliphatic heterocycles. The lowest BCUT2D eigenvalue weighted by molar-refractivity contribution is -0.116. The van der Waals surface area contributed by atoms with Gasteiger partial charge in [0.15, 0.2) is 0 Å². The van der Waals surface area contributed by atoms with Gasteiger partial charge in [0.1, 0.15) is 11.6 Å². The Balaban J connectivity index is 1.45. The predicted octanol–water partition coefficient (Wildman–Crippen LogP) is 2.92. The van der Waals surface area contributed by atoms with E-state index in [1.807, 2.05) is 24.3 Å². The highest BCUT2D eigenvalue weighted by molar-refractivity contribution is 5.90. The first-order chi connectivity index (χ1) is 13.6. The highest BCUT2D eigenvalue weighted by Gasteiger charge is 2.12. The van der Waals surface area contributed by atoms with Crippen LogP contribution in [0, 0.1) is 11.6 Å². The van der Waals surface area contributed by atoms with E-state index in [0.717, 1.165) is 56.2 Å². The zero-order valence-electron chi connectivity index (χ0n) is 15.7. The molecule has 0 aliphatic carbocycles. The largest absolute Gasteiger partial charge is 0.379 e. The van der Waals surface area contributed by atoms with Gasteiger partial charge in [0.05, 0.1) is 13.2 Å². The van der Waals surface area contributed by atoms with Gasteiger partial charge in [-0.2, -0.15) is 0 Å². The third-order valence-corrected chi connectivity index (χ3v) is 4.62. The minimum absolute atomic E-state index is 0.0292. The van der Waals surface area contributed by atoms with Crippen LogP contribution in [0.4, 0.5) is 14.5 Å². The molecule has 0 radical (unpaired) electrons. The van der Waals surface area contributed by atoms with Crippen LogP contribution in [0.1, 0.15) is 17.5 Å². The van der Waals surface area contributed by atoms with Gasteiger partial charge in [-0.25, -0.2) is 8.78 Å². The third kappa shape index (κ3) is 6.37. The Kier molecular flexibility index (Phi) is 7.47. The lowest BCUT2D eigenvalue weighted by Gasteiger charge is -2.26. The summed E-state index contributed by atoms with van der Waals surface area (Å²) in [5.41, 5.74) is 1.96. The molecule has 0 saturated carbocycles. The van der Waals surface area contributed by atoms with Crippen LogP contribution in [-0.2, 0) is 22.6 Å². The molecule has 1 fully saturated rings. The molecule has 7 heteroatoms. The summed E-state index contributed by atoms with van der Waals surface area (Å²) in [7, 11) is 0. The van der Waals surface area contributed by atoms with E-state index in [1.54, 1.807) is 0 Å². The summed E-state index contributed by atoms with van der Waals surface area (Å²) < 4.78 is 32.2. The maximum Gasteiger partial charge on any atom is 0.225 e. The van der Waals surface area contributed by atoms with E-state index < -0.39 is 11.6 Å². The number of carbonyl (C=O) groups is 1. The molecule has 2 aromatic carbocycles. The van der Waals surface area contributed by atoms with Gasteiger partial charge in [-0.1, -0.05) is 12.1 Å². The van der Waals surface area contributed by atoms with E-state index in [-0.39, 0.29) is 18.0 Å². The minimum Gasteiger partial charge on any atom is -0.379 e. The van der Waals surface area contributed by atoms with E-state index in [2.05, 4.69) is 15.5 Å². The van der Waals surface area contributed by atoms with Crippen LogP contribution >= 0.6 is 0 Å². The van der Waals surface area contributed by atoms with Gasteiger partial charge >= 0.3 is 0 Å². The highest BCUT2D eigenvalue weighted by Crippen LogP contribution is 2.13. The summed E-state index contributed by atoms with van der Waals surface area (Å²) in [6, 6.07) is 10.9. The topological polar surface area (TPSA) is 53.6 Å². The lowest BCUT2D eigenvalue weighted by Crippen LogP contribution is -2.38. The van der Waals surface area contributed by atoms with E-state index >= 15 is 0 Å². The Morgan fingerprint density at radius 3 is 2.71 bits per heavy atom. The number of halogens is 2. The summed E-state index contributed by atoms with van der Waals surface area (Å²) >= 11 is 0. The monoisotopic (exact) mass is 389 g/mol. The van der Waals surface area contributed by atoms with Crippen molar-refractivity contribution in [2.24, 2.45) is 0 Å². The first-order valence-electron chi connectivity index (χ1n) is 9.44. The average molecular weight is 389 g/mol. The molecule has 0 unspecified atom stereocenters. The molecule has 0 spiro atoms. The van der Waals surface area contributed by atoms with Crippen molar-refractivity contribution < 1.29 is 18.3 Å². The summed E-state index contributed by atoms with van der Waals surface area (Å²) in [6.07, 6.45) is 0.432. The number of hydrogen-bond donors (Lipinski definition) is 2. The van der Waals surface area contributed by atoms with Gasteiger partial charge in [-0.05, 0) is 35.9 Å². The van der Waals surface area contributed by atoms with Crippen molar-refractivity contribution in [1.82, 2.24) is 10.2 Å². The van der Waals surface area contributed by atoms with Crippen molar-refractivity contribution in [1.29, 1.82) is 0 Å². The van der Waals surface area contributed by atoms with Crippen LogP contribution < -0.4 is 10.6 Å². The number of rotatable bonds is 8. The van der Waals surface area contributed by atoms with Gasteiger partial charge < -0.3 is 15.4 Å². The third-order valence-electron chi connectivity index (χ3n) is 4.62. The molecular formula is C21H25F2N3O2. The lowest BCUT2D eigenvalue weighted by atomic mass is 10.1. The maximum absolute atomic E-state index is 13.6. The van der Waals surface area contributed by atoms with Crippen LogP contribution in [-0.4, -0.2) is 43.7 Å². The second-order valence-corrected chi connectivity index (χ2v) is 6.79. The number of benzene rings is 2. The number of morpholine rings is 1. The summed E-state index contributed by atoms with van der Waals surface area (Å²) in [5.74, 6) is -0.923. The van der Waals surface area contributed by atoms with Gasteiger partial charge in [0.25, 0.3) is 0 Å². The quantitative estimate of drug-likeness (QED) is 0.729. The fourth-order valence-corrected chi connectivity index (χ4v) is 3.09. The van der Waals surface area contributed by atoms with Crippen molar-refractivity contribution in [3.05, 3.63) is 65.2 Å². The van der Waals surface area contributed by atoms with Crippen molar-refractivity contribution in [3.63, 3.8) is 0 Å². The smallest absolute Gasteiger partial charge is 0.225 e. The summed E-state index contributed by atoms with van der Waals surface area (Å²) in [5, 5.41) is 6.01. The van der Waals surface area contributed by atoms with Crippen molar-refractivity contribution in [2.45, 2.75) is 19.5 Å². The molecule has 2 aromatic rings. The van der Waals surface area contributed by atoms with Gasteiger partial charge in [0.2, 0.25) is 5.91 Å². The predicted molar refractivity (Wildman–Crippen MR) is 104 cm³/mol. The Bertz CT molecular complexity index is 795. The van der Waals surface area contributed by atoms with Crippen LogP contribution in [0.25, 0.3) is 0 Å². The Hall–Kier alpha value is -2.35. The Morgan fingerprint density at radius 2 is 1.89 bits per heavy atom. The molecule has 0 bridgehead atoms. The number of amides is 1. The Morgan fingerprint density at radius 1 is 1.07 bits per heavy atom. The van der Waals surface area contributed by atoms with E-state index in [0.29, 0.717) is 13.0 Å². The fraction of sp³-hybridized carbons (Fsp3) is 0.381. The standard InChI is InChI=1S/C21H25F2N3O2/c22-18-4-5-20(23)17(13-18)15-24-14-16-2-1-3-19(12-16)25-21(27)6-7-26-8-10-28-11-9-26/h1-5,12-13,24H,6-11,14-15H2,(H,25,27). The number of carbonyl (C=O) groups excluding carboxylic acids is 1. The SMILES string of the molecule is O=C(CCN1CCOCC1)Nc1cccc(CNCc2cc(F)ccc2F)c1. The molecule has 0 atom stereocenters. The zero-order valence-corrected chi connectivity index (χ0v) is 15.7. The zero-order chi connectivity index (χ0) is 19.8. The minimum atomic E-state index is -0.458. The average Bonchev–Trinajstić information content (AvgIpc) is 2.70. The molecule has 1 amide bonds. The van der Waals surface area contributed by atoms with Crippen molar-refractivity contribution in [2.75, 3.05) is 38.2 Å². The molecule has 1 aliphatic rings. The van der Waals surface area contributed by atoms with Crippen LogP contribution in [0.3, 0.4) is 0 Å². The highest BCUT2D eigenvalue weighted by atomic mass is 19.1. The molecule has 3 rings (SSSR count). The molecule has 2 N–H and O–H groups in total. The number of nitrogens with one attached hydrogen (secondary N) is 2. The first-order valence-corrected chi connectivity index (χ1v) is 9.44. The molecule has 5 nitrogen and oxygen atoms in total. The number of hydrogen-bond acceptors (Lipinski definition) is 4. The molecular weight excluding hydrogens is 364 g/mol.